The van der Waals surface area contributed by atoms with Crippen LogP contribution in [0.25, 0.3) is 0 Å². The van der Waals surface area contributed by atoms with Gasteiger partial charge < -0.3 is 10.1 Å². The fraction of sp³-hybridized carbons (Fsp3) is 0.650. The predicted molar refractivity (Wildman–Crippen MR) is 99.6 cm³/mol. The van der Waals surface area contributed by atoms with Gasteiger partial charge in [-0.2, -0.15) is 0 Å². The summed E-state index contributed by atoms with van der Waals surface area (Å²) in [4.78, 5) is 17.0. The fourth-order valence-corrected chi connectivity index (χ4v) is 3.73. The molecule has 0 unspecified atom stereocenters. The average molecular weight is 345 g/mol. The minimum atomic E-state index is 0.155. The molecule has 5 heteroatoms. The van der Waals surface area contributed by atoms with E-state index in [1.165, 1.54) is 24.9 Å². The minimum absolute atomic E-state index is 0.155. The third kappa shape index (κ3) is 6.42. The predicted octanol–water partition coefficient (Wildman–Crippen LogP) is 1.39. The Kier molecular flexibility index (Phi) is 7.27. The van der Waals surface area contributed by atoms with E-state index in [9.17, 15) is 4.79 Å². The van der Waals surface area contributed by atoms with Crippen molar-refractivity contribution < 1.29 is 9.53 Å². The number of amides is 1. The Balaban J connectivity index is 1.28. The maximum Gasteiger partial charge on any atom is 0.234 e. The van der Waals surface area contributed by atoms with Crippen LogP contribution in [0.15, 0.2) is 30.3 Å². The molecule has 1 amide bonds. The largest absolute Gasteiger partial charge is 0.379 e. The molecule has 3 rings (SSSR count). The van der Waals surface area contributed by atoms with Crippen LogP contribution >= 0.6 is 0 Å². The number of rotatable bonds is 7. The third-order valence-electron chi connectivity index (χ3n) is 5.27. The number of hydrogen-bond donors (Lipinski definition) is 1. The summed E-state index contributed by atoms with van der Waals surface area (Å²) in [5, 5.41) is 3.05. The van der Waals surface area contributed by atoms with Crippen molar-refractivity contribution in [2.75, 3.05) is 59.0 Å². The summed E-state index contributed by atoms with van der Waals surface area (Å²) in [6, 6.07) is 10.3. The molecule has 1 N–H and O–H groups in total. The molecule has 2 heterocycles. The molecule has 1 aromatic rings. The van der Waals surface area contributed by atoms with E-state index in [0.717, 1.165) is 58.3 Å². The molecular formula is C20H31N3O2. The lowest BCUT2D eigenvalue weighted by Crippen LogP contribution is -2.45. The van der Waals surface area contributed by atoms with Gasteiger partial charge in [0.25, 0.3) is 0 Å². The Bertz CT molecular complexity index is 509. The summed E-state index contributed by atoms with van der Waals surface area (Å²) in [5.74, 6) is 0.929. The van der Waals surface area contributed by atoms with E-state index in [1.54, 1.807) is 0 Å². The molecule has 0 aliphatic carbocycles. The van der Waals surface area contributed by atoms with Gasteiger partial charge in [-0.15, -0.1) is 0 Å². The smallest absolute Gasteiger partial charge is 0.234 e. The molecule has 0 bridgehead atoms. The van der Waals surface area contributed by atoms with Crippen molar-refractivity contribution in [2.45, 2.75) is 19.3 Å². The quantitative estimate of drug-likeness (QED) is 0.811. The topological polar surface area (TPSA) is 44.8 Å². The summed E-state index contributed by atoms with van der Waals surface area (Å²) < 4.78 is 5.42. The van der Waals surface area contributed by atoms with E-state index < -0.39 is 0 Å². The molecule has 0 radical (unpaired) electrons. The number of ether oxygens (including phenoxy) is 1. The molecule has 0 atom stereocenters. The number of carbonyl (C=O) groups is 1. The Labute approximate surface area is 151 Å². The van der Waals surface area contributed by atoms with Gasteiger partial charge in [0.2, 0.25) is 5.91 Å². The van der Waals surface area contributed by atoms with Gasteiger partial charge in [-0.1, -0.05) is 30.3 Å². The molecule has 0 aromatic heterocycles. The van der Waals surface area contributed by atoms with Crippen molar-refractivity contribution in [2.24, 2.45) is 5.92 Å². The van der Waals surface area contributed by atoms with E-state index in [2.05, 4.69) is 27.2 Å². The number of carbonyl (C=O) groups excluding carboxylic acids is 1. The first kappa shape index (κ1) is 18.4. The zero-order valence-electron chi connectivity index (χ0n) is 15.2. The van der Waals surface area contributed by atoms with Gasteiger partial charge >= 0.3 is 0 Å². The van der Waals surface area contributed by atoms with Crippen LogP contribution in [0, 0.1) is 5.92 Å². The minimum Gasteiger partial charge on any atom is -0.379 e. The monoisotopic (exact) mass is 345 g/mol. The van der Waals surface area contributed by atoms with Gasteiger partial charge in [0, 0.05) is 26.2 Å². The third-order valence-corrected chi connectivity index (χ3v) is 5.27. The molecule has 0 saturated carbocycles. The Morgan fingerprint density at radius 2 is 1.76 bits per heavy atom. The van der Waals surface area contributed by atoms with Crippen LogP contribution in [0.2, 0.25) is 0 Å². The van der Waals surface area contributed by atoms with Crippen molar-refractivity contribution >= 4 is 5.91 Å². The van der Waals surface area contributed by atoms with E-state index in [0.29, 0.717) is 6.54 Å². The summed E-state index contributed by atoms with van der Waals surface area (Å²) in [6.45, 7) is 8.44. The second-order valence-electron chi connectivity index (χ2n) is 7.22. The van der Waals surface area contributed by atoms with Crippen molar-refractivity contribution in [1.82, 2.24) is 15.1 Å². The lowest BCUT2D eigenvalue weighted by molar-refractivity contribution is -0.122. The summed E-state index contributed by atoms with van der Waals surface area (Å²) >= 11 is 0. The second-order valence-corrected chi connectivity index (χ2v) is 7.22. The molecule has 1 aromatic carbocycles. The van der Waals surface area contributed by atoms with Crippen LogP contribution in [0.1, 0.15) is 18.4 Å². The van der Waals surface area contributed by atoms with Gasteiger partial charge in [0.05, 0.1) is 19.8 Å². The van der Waals surface area contributed by atoms with E-state index in [-0.39, 0.29) is 5.91 Å². The normalized spacial score (nSPS) is 20.5. The molecule has 2 saturated heterocycles. The van der Waals surface area contributed by atoms with Crippen LogP contribution < -0.4 is 5.32 Å². The average Bonchev–Trinajstić information content (AvgIpc) is 2.65. The number of nitrogens with zero attached hydrogens (tertiary/aromatic N) is 2. The molecule has 5 nitrogen and oxygen atoms in total. The van der Waals surface area contributed by atoms with Crippen LogP contribution in [0.3, 0.4) is 0 Å². The molecule has 2 aliphatic heterocycles. The van der Waals surface area contributed by atoms with Crippen molar-refractivity contribution in [1.29, 1.82) is 0 Å². The zero-order valence-corrected chi connectivity index (χ0v) is 15.2. The molecule has 138 valence electrons. The maximum atomic E-state index is 12.1. The number of hydrogen-bond acceptors (Lipinski definition) is 4. The summed E-state index contributed by atoms with van der Waals surface area (Å²) in [5.41, 5.74) is 1.27. The maximum absolute atomic E-state index is 12.1. The summed E-state index contributed by atoms with van der Waals surface area (Å²) in [6.07, 6.45) is 3.30. The van der Waals surface area contributed by atoms with Crippen molar-refractivity contribution in [3.8, 4) is 0 Å². The first-order chi connectivity index (χ1) is 12.3. The Hall–Kier alpha value is -1.43. The Morgan fingerprint density at radius 3 is 2.48 bits per heavy atom. The Morgan fingerprint density at radius 1 is 1.04 bits per heavy atom. The van der Waals surface area contributed by atoms with Gasteiger partial charge in [-0.25, -0.2) is 0 Å². The number of benzene rings is 1. The zero-order chi connectivity index (χ0) is 17.3. The highest BCUT2D eigenvalue weighted by Crippen LogP contribution is 2.18. The molecule has 2 fully saturated rings. The van der Waals surface area contributed by atoms with E-state index in [1.807, 2.05) is 18.2 Å². The number of nitrogens with one attached hydrogen (secondary N) is 1. The van der Waals surface area contributed by atoms with Crippen LogP contribution in [-0.4, -0.2) is 74.7 Å². The van der Waals surface area contributed by atoms with Crippen LogP contribution in [0.5, 0.6) is 0 Å². The molecular weight excluding hydrogens is 314 g/mol. The second kappa shape index (κ2) is 9.90. The van der Waals surface area contributed by atoms with Crippen LogP contribution in [-0.2, 0) is 16.0 Å². The number of piperidine rings is 1. The van der Waals surface area contributed by atoms with E-state index in [4.69, 9.17) is 4.74 Å². The highest BCUT2D eigenvalue weighted by molar-refractivity contribution is 5.78. The fourth-order valence-electron chi connectivity index (χ4n) is 3.73. The van der Waals surface area contributed by atoms with Crippen LogP contribution in [0.4, 0.5) is 0 Å². The number of likely N-dealkylation sites (tertiary alicyclic amines) is 1. The lowest BCUT2D eigenvalue weighted by Gasteiger charge is -2.35. The summed E-state index contributed by atoms with van der Waals surface area (Å²) in [7, 11) is 0. The first-order valence-electron chi connectivity index (χ1n) is 9.62. The SMILES string of the molecule is O=C(CN1CCC(CN2CCOCC2)CC1)NCCc1ccccc1. The molecule has 25 heavy (non-hydrogen) atoms. The van der Waals surface area contributed by atoms with Gasteiger partial charge in [0.15, 0.2) is 0 Å². The standard InChI is InChI=1S/C20H31N3O2/c24-20(21-9-6-18-4-2-1-3-5-18)17-22-10-7-19(8-11-22)16-23-12-14-25-15-13-23/h1-5,19H,6-17H2,(H,21,24). The van der Waals surface area contributed by atoms with E-state index >= 15 is 0 Å². The first-order valence-corrected chi connectivity index (χ1v) is 9.62. The molecule has 0 spiro atoms. The highest BCUT2D eigenvalue weighted by Gasteiger charge is 2.23. The van der Waals surface area contributed by atoms with Gasteiger partial charge in [-0.05, 0) is 43.8 Å². The van der Waals surface area contributed by atoms with Crippen molar-refractivity contribution in [3.05, 3.63) is 35.9 Å². The number of morpholine rings is 1. The van der Waals surface area contributed by atoms with Crippen molar-refractivity contribution in [3.63, 3.8) is 0 Å². The lowest BCUT2D eigenvalue weighted by atomic mass is 9.96. The van der Waals surface area contributed by atoms with Gasteiger partial charge in [-0.3, -0.25) is 14.6 Å². The highest BCUT2D eigenvalue weighted by atomic mass is 16.5. The van der Waals surface area contributed by atoms with Gasteiger partial charge in [0.1, 0.15) is 0 Å². The molecule has 2 aliphatic rings.